The van der Waals surface area contributed by atoms with Gasteiger partial charge in [0.1, 0.15) is 5.75 Å². The van der Waals surface area contributed by atoms with Gasteiger partial charge in [0.25, 0.3) is 0 Å². The van der Waals surface area contributed by atoms with Crippen molar-refractivity contribution in [1.29, 1.82) is 0 Å². The summed E-state index contributed by atoms with van der Waals surface area (Å²) in [4.78, 5) is 15.2. The summed E-state index contributed by atoms with van der Waals surface area (Å²) < 4.78 is 5.14. The minimum absolute atomic E-state index is 0.564. The van der Waals surface area contributed by atoms with E-state index in [1.165, 1.54) is 0 Å². The maximum Gasteiger partial charge on any atom is 0.312 e. The van der Waals surface area contributed by atoms with E-state index < -0.39 is 11.9 Å². The van der Waals surface area contributed by atoms with E-state index in [2.05, 4.69) is 4.98 Å². The Bertz CT molecular complexity index is 566. The average Bonchev–Trinajstić information content (AvgIpc) is 2.36. The van der Waals surface area contributed by atoms with Crippen LogP contribution in [0.15, 0.2) is 30.5 Å². The standard InChI is InChI=1S/C13H13NO3/c1-8(13(15)16)12-11-7-10(17-2)4-3-9(11)5-6-14-12/h3-8H,1-2H3,(H,15,16). The molecule has 4 heteroatoms. The van der Waals surface area contributed by atoms with Gasteiger partial charge in [0.2, 0.25) is 0 Å². The zero-order valence-corrected chi connectivity index (χ0v) is 9.68. The summed E-state index contributed by atoms with van der Waals surface area (Å²) >= 11 is 0. The van der Waals surface area contributed by atoms with Gasteiger partial charge in [-0.05, 0) is 30.5 Å². The number of carbonyl (C=O) groups is 1. The van der Waals surface area contributed by atoms with Crippen molar-refractivity contribution in [3.05, 3.63) is 36.2 Å². The van der Waals surface area contributed by atoms with Gasteiger partial charge >= 0.3 is 5.97 Å². The molecule has 1 unspecified atom stereocenters. The Kier molecular flexibility index (Phi) is 2.95. The van der Waals surface area contributed by atoms with Crippen molar-refractivity contribution in [1.82, 2.24) is 4.98 Å². The number of hydrogen-bond donors (Lipinski definition) is 1. The fraction of sp³-hybridized carbons (Fsp3) is 0.231. The molecule has 17 heavy (non-hydrogen) atoms. The summed E-state index contributed by atoms with van der Waals surface area (Å²) in [5, 5.41) is 10.8. The number of benzene rings is 1. The first-order valence-electron chi connectivity index (χ1n) is 5.29. The second kappa shape index (κ2) is 4.41. The van der Waals surface area contributed by atoms with Gasteiger partial charge in [-0.3, -0.25) is 9.78 Å². The number of nitrogens with zero attached hydrogens (tertiary/aromatic N) is 1. The molecule has 0 aliphatic carbocycles. The summed E-state index contributed by atoms with van der Waals surface area (Å²) in [6.45, 7) is 1.63. The quantitative estimate of drug-likeness (QED) is 0.881. The van der Waals surface area contributed by atoms with Gasteiger partial charge < -0.3 is 9.84 Å². The number of aliphatic carboxylic acids is 1. The Morgan fingerprint density at radius 1 is 1.41 bits per heavy atom. The predicted octanol–water partition coefficient (Wildman–Crippen LogP) is 2.43. The number of pyridine rings is 1. The molecule has 2 rings (SSSR count). The second-order valence-electron chi connectivity index (χ2n) is 3.84. The third-order valence-electron chi connectivity index (χ3n) is 2.78. The van der Waals surface area contributed by atoms with E-state index in [1.807, 2.05) is 24.3 Å². The zero-order chi connectivity index (χ0) is 12.4. The number of ether oxygens (including phenoxy) is 1. The molecule has 0 bridgehead atoms. The molecule has 4 nitrogen and oxygen atoms in total. The summed E-state index contributed by atoms with van der Waals surface area (Å²) in [6, 6.07) is 7.41. The van der Waals surface area contributed by atoms with Crippen LogP contribution in [0.4, 0.5) is 0 Å². The van der Waals surface area contributed by atoms with Crippen LogP contribution in [0.5, 0.6) is 5.75 Å². The third kappa shape index (κ3) is 2.06. The average molecular weight is 231 g/mol. The molecule has 1 aromatic heterocycles. The molecule has 1 heterocycles. The molecule has 1 aromatic carbocycles. The number of carboxylic acids is 1. The topological polar surface area (TPSA) is 59.4 Å². The fourth-order valence-corrected chi connectivity index (χ4v) is 1.76. The van der Waals surface area contributed by atoms with Gasteiger partial charge in [-0.15, -0.1) is 0 Å². The zero-order valence-electron chi connectivity index (χ0n) is 9.68. The van der Waals surface area contributed by atoms with Crippen molar-refractivity contribution in [3.8, 4) is 5.75 Å². The summed E-state index contributed by atoms with van der Waals surface area (Å²) in [5.74, 6) is -0.817. The van der Waals surface area contributed by atoms with Crippen LogP contribution in [0.2, 0.25) is 0 Å². The summed E-state index contributed by atoms with van der Waals surface area (Å²) in [5.41, 5.74) is 0.564. The number of methoxy groups -OCH3 is 1. The molecule has 0 saturated carbocycles. The lowest BCUT2D eigenvalue weighted by Crippen LogP contribution is -2.09. The Labute approximate surface area is 98.9 Å². The SMILES string of the molecule is COc1ccc2ccnc(C(C)C(=O)O)c2c1. The maximum absolute atomic E-state index is 11.0. The Hall–Kier alpha value is -2.10. The largest absolute Gasteiger partial charge is 0.497 e. The van der Waals surface area contributed by atoms with Gasteiger partial charge in [-0.1, -0.05) is 6.07 Å². The molecule has 1 atom stereocenters. The molecule has 0 aliphatic rings. The van der Waals surface area contributed by atoms with Crippen LogP contribution in [0, 0.1) is 0 Å². The molecule has 0 spiro atoms. The number of hydrogen-bond acceptors (Lipinski definition) is 3. The van der Waals surface area contributed by atoms with E-state index >= 15 is 0 Å². The minimum Gasteiger partial charge on any atom is -0.497 e. The lowest BCUT2D eigenvalue weighted by molar-refractivity contribution is -0.138. The van der Waals surface area contributed by atoms with Crippen LogP contribution in [0.1, 0.15) is 18.5 Å². The van der Waals surface area contributed by atoms with Gasteiger partial charge in [0.15, 0.2) is 0 Å². The molecule has 0 radical (unpaired) electrons. The lowest BCUT2D eigenvalue weighted by atomic mass is 10.0. The number of fused-ring (bicyclic) bond motifs is 1. The molecule has 0 amide bonds. The van der Waals surface area contributed by atoms with Crippen LogP contribution in [-0.2, 0) is 4.79 Å². The van der Waals surface area contributed by atoms with Gasteiger partial charge in [-0.2, -0.15) is 0 Å². The van der Waals surface area contributed by atoms with Gasteiger partial charge in [0, 0.05) is 11.6 Å². The Morgan fingerprint density at radius 2 is 2.18 bits per heavy atom. The molecule has 1 N–H and O–H groups in total. The lowest BCUT2D eigenvalue weighted by Gasteiger charge is -2.10. The van der Waals surface area contributed by atoms with Crippen LogP contribution in [-0.4, -0.2) is 23.2 Å². The van der Waals surface area contributed by atoms with E-state index in [-0.39, 0.29) is 0 Å². The molecular formula is C13H13NO3. The number of carboxylic acid groups (broad SMARTS) is 1. The van der Waals surface area contributed by atoms with Crippen molar-refractivity contribution in [2.75, 3.05) is 7.11 Å². The van der Waals surface area contributed by atoms with Crippen LogP contribution >= 0.6 is 0 Å². The molecule has 0 aliphatic heterocycles. The summed E-state index contributed by atoms with van der Waals surface area (Å²) in [6.07, 6.45) is 1.63. The second-order valence-corrected chi connectivity index (χ2v) is 3.84. The Morgan fingerprint density at radius 3 is 2.82 bits per heavy atom. The highest BCUT2D eigenvalue weighted by atomic mass is 16.5. The third-order valence-corrected chi connectivity index (χ3v) is 2.78. The highest BCUT2D eigenvalue weighted by Gasteiger charge is 2.18. The first-order valence-corrected chi connectivity index (χ1v) is 5.29. The van der Waals surface area contributed by atoms with Crippen molar-refractivity contribution in [2.45, 2.75) is 12.8 Å². The first kappa shape index (κ1) is 11.4. The van der Waals surface area contributed by atoms with Crippen molar-refractivity contribution < 1.29 is 14.6 Å². The minimum atomic E-state index is -0.882. The molecule has 2 aromatic rings. The van der Waals surface area contributed by atoms with Crippen LogP contribution in [0.25, 0.3) is 10.8 Å². The van der Waals surface area contributed by atoms with Crippen molar-refractivity contribution >= 4 is 16.7 Å². The number of rotatable bonds is 3. The smallest absolute Gasteiger partial charge is 0.312 e. The van der Waals surface area contributed by atoms with E-state index in [0.29, 0.717) is 11.4 Å². The molecular weight excluding hydrogens is 218 g/mol. The highest BCUT2D eigenvalue weighted by molar-refractivity contribution is 5.90. The maximum atomic E-state index is 11.0. The van der Waals surface area contributed by atoms with Crippen molar-refractivity contribution in [2.24, 2.45) is 0 Å². The monoisotopic (exact) mass is 231 g/mol. The van der Waals surface area contributed by atoms with E-state index in [0.717, 1.165) is 10.8 Å². The fourth-order valence-electron chi connectivity index (χ4n) is 1.76. The van der Waals surface area contributed by atoms with E-state index in [4.69, 9.17) is 9.84 Å². The van der Waals surface area contributed by atoms with E-state index in [9.17, 15) is 4.79 Å². The van der Waals surface area contributed by atoms with Gasteiger partial charge in [0.05, 0.1) is 18.7 Å². The Balaban J connectivity index is 2.66. The highest BCUT2D eigenvalue weighted by Crippen LogP contribution is 2.27. The first-order chi connectivity index (χ1) is 8.13. The van der Waals surface area contributed by atoms with Crippen molar-refractivity contribution in [3.63, 3.8) is 0 Å². The van der Waals surface area contributed by atoms with E-state index in [1.54, 1.807) is 20.2 Å². The molecule has 0 saturated heterocycles. The summed E-state index contributed by atoms with van der Waals surface area (Å²) in [7, 11) is 1.58. The molecule has 88 valence electrons. The molecule has 0 fully saturated rings. The van der Waals surface area contributed by atoms with Crippen LogP contribution in [0.3, 0.4) is 0 Å². The predicted molar refractivity (Wildman–Crippen MR) is 64.3 cm³/mol. The van der Waals surface area contributed by atoms with Gasteiger partial charge in [-0.25, -0.2) is 0 Å². The normalized spacial score (nSPS) is 12.4. The number of aromatic nitrogens is 1. The van der Waals surface area contributed by atoms with Crippen LogP contribution < -0.4 is 4.74 Å².